The van der Waals surface area contributed by atoms with Gasteiger partial charge in [-0.05, 0) is 36.3 Å². The van der Waals surface area contributed by atoms with Crippen molar-refractivity contribution in [3.63, 3.8) is 0 Å². The third kappa shape index (κ3) is 11.3. The maximum absolute atomic E-state index is 2.70. The van der Waals surface area contributed by atoms with Crippen LogP contribution >= 0.6 is 0 Å². The van der Waals surface area contributed by atoms with Crippen LogP contribution in [0.3, 0.4) is 0 Å². The summed E-state index contributed by atoms with van der Waals surface area (Å²) in [4.78, 5) is 0. The van der Waals surface area contributed by atoms with Crippen molar-refractivity contribution >= 4 is 0 Å². The number of hydrogen-bond donors (Lipinski definition) is 0. The molecule has 3 rings (SSSR count). The third-order valence-corrected chi connectivity index (χ3v) is 8.33. The molecule has 1 unspecified atom stereocenters. The molecule has 2 heteroatoms. The molecule has 0 aliphatic rings. The number of aromatic nitrogens is 2. The van der Waals surface area contributed by atoms with E-state index in [4.69, 9.17) is 0 Å². The van der Waals surface area contributed by atoms with Gasteiger partial charge in [0.1, 0.15) is 11.9 Å². The molecular weight excluding hydrogens is 472 g/mol. The molecule has 1 heterocycles. The van der Waals surface area contributed by atoms with Gasteiger partial charge in [-0.3, -0.25) is 0 Å². The lowest BCUT2D eigenvalue weighted by Crippen LogP contribution is -2.41. The fraction of sp³-hybridized carbons (Fsp3) is 0.595. The molecule has 0 aliphatic carbocycles. The Hall–Kier alpha value is -2.35. The van der Waals surface area contributed by atoms with Crippen molar-refractivity contribution < 1.29 is 4.57 Å². The van der Waals surface area contributed by atoms with Gasteiger partial charge in [-0.15, -0.1) is 0 Å². The minimum Gasteiger partial charge on any atom is -0.234 e. The lowest BCUT2D eigenvalue weighted by molar-refractivity contribution is -0.710. The maximum atomic E-state index is 2.70. The van der Waals surface area contributed by atoms with Crippen LogP contribution in [0.2, 0.25) is 0 Å². The van der Waals surface area contributed by atoms with Crippen molar-refractivity contribution in [2.75, 3.05) is 0 Å². The topological polar surface area (TPSA) is 8.81 Å². The summed E-state index contributed by atoms with van der Waals surface area (Å²) in [6.07, 6.45) is 24.0. The molecular formula is C37H57N2+. The van der Waals surface area contributed by atoms with Crippen LogP contribution in [0.15, 0.2) is 66.9 Å². The Bertz CT molecular complexity index is 1000. The molecule has 0 radical (unpaired) electrons. The first kappa shape index (κ1) is 31.2. The Labute approximate surface area is 240 Å². The van der Waals surface area contributed by atoms with E-state index in [1.807, 2.05) is 0 Å². The van der Waals surface area contributed by atoms with Gasteiger partial charge in [-0.2, -0.15) is 0 Å². The predicted molar refractivity (Wildman–Crippen MR) is 168 cm³/mol. The highest BCUT2D eigenvalue weighted by molar-refractivity contribution is 5.21. The van der Waals surface area contributed by atoms with Crippen LogP contribution < -0.4 is 4.57 Å². The summed E-state index contributed by atoms with van der Waals surface area (Å²) in [7, 11) is 0. The van der Waals surface area contributed by atoms with E-state index in [2.05, 4.69) is 96.8 Å². The summed E-state index contributed by atoms with van der Waals surface area (Å²) < 4.78 is 5.25. The number of hydrogen-bond acceptors (Lipinski definition) is 0. The number of rotatable bonds is 21. The smallest absolute Gasteiger partial charge is 0.234 e. The largest absolute Gasteiger partial charge is 0.261 e. The second-order valence-corrected chi connectivity index (χ2v) is 11.8. The Morgan fingerprint density at radius 2 is 1.18 bits per heavy atom. The molecule has 2 aromatic carbocycles. The van der Waals surface area contributed by atoms with Crippen molar-refractivity contribution in [1.29, 1.82) is 0 Å². The summed E-state index contributed by atoms with van der Waals surface area (Å²) in [5, 5.41) is 0. The second-order valence-electron chi connectivity index (χ2n) is 11.8. The predicted octanol–water partition coefficient (Wildman–Crippen LogP) is 10.2. The molecule has 0 aliphatic heterocycles. The number of imidazole rings is 1. The van der Waals surface area contributed by atoms with Crippen molar-refractivity contribution in [2.24, 2.45) is 0 Å². The molecule has 0 N–H and O–H groups in total. The zero-order valence-electron chi connectivity index (χ0n) is 25.6. The van der Waals surface area contributed by atoms with E-state index >= 15 is 0 Å². The molecule has 2 nitrogen and oxygen atoms in total. The summed E-state index contributed by atoms with van der Waals surface area (Å²) in [5.74, 6) is 2.00. The molecule has 39 heavy (non-hydrogen) atoms. The summed E-state index contributed by atoms with van der Waals surface area (Å²) in [6, 6.07) is 22.1. The van der Waals surface area contributed by atoms with Crippen LogP contribution in [0.5, 0.6) is 0 Å². The molecule has 3 aromatic rings. The molecule has 214 valence electrons. The molecule has 1 atom stereocenters. The average molecular weight is 530 g/mol. The minimum atomic E-state index is 0.520. The van der Waals surface area contributed by atoms with E-state index in [-0.39, 0.29) is 0 Å². The van der Waals surface area contributed by atoms with Crippen LogP contribution in [-0.4, -0.2) is 4.57 Å². The summed E-state index contributed by atoms with van der Waals surface area (Å²) >= 11 is 0. The van der Waals surface area contributed by atoms with Gasteiger partial charge in [0.25, 0.3) is 5.82 Å². The van der Waals surface area contributed by atoms with E-state index in [1.54, 1.807) is 0 Å². The van der Waals surface area contributed by atoms with Gasteiger partial charge in [-0.1, -0.05) is 152 Å². The lowest BCUT2D eigenvalue weighted by Gasteiger charge is -2.12. The number of aryl methyl sites for hydroxylation is 1. The fourth-order valence-corrected chi connectivity index (χ4v) is 5.99. The fourth-order valence-electron chi connectivity index (χ4n) is 5.99. The number of nitrogens with zero attached hydrogens (tertiary/aromatic N) is 2. The monoisotopic (exact) mass is 529 g/mol. The highest BCUT2D eigenvalue weighted by atomic mass is 15.2. The Morgan fingerprint density at radius 3 is 1.74 bits per heavy atom. The molecule has 0 spiro atoms. The van der Waals surface area contributed by atoms with Crippen LogP contribution in [0, 0.1) is 0 Å². The first-order valence-corrected chi connectivity index (χ1v) is 16.4. The van der Waals surface area contributed by atoms with Gasteiger partial charge in [0.05, 0.1) is 19.5 Å². The van der Waals surface area contributed by atoms with Gasteiger partial charge < -0.3 is 0 Å². The van der Waals surface area contributed by atoms with E-state index in [0.29, 0.717) is 5.92 Å². The highest BCUT2D eigenvalue weighted by Gasteiger charge is 2.24. The minimum absolute atomic E-state index is 0.520. The van der Waals surface area contributed by atoms with Crippen molar-refractivity contribution in [3.05, 3.63) is 89.5 Å². The van der Waals surface area contributed by atoms with Crippen LogP contribution in [0.1, 0.15) is 139 Å². The van der Waals surface area contributed by atoms with Gasteiger partial charge >= 0.3 is 0 Å². The van der Waals surface area contributed by atoms with E-state index in [9.17, 15) is 0 Å². The molecule has 0 amide bonds. The normalized spacial score (nSPS) is 12.2. The van der Waals surface area contributed by atoms with Crippen molar-refractivity contribution in [3.8, 4) is 0 Å². The van der Waals surface area contributed by atoms with Gasteiger partial charge in [0, 0.05) is 6.42 Å². The Kier molecular flexibility index (Phi) is 15.1. The van der Waals surface area contributed by atoms with Crippen LogP contribution in [-0.2, 0) is 25.9 Å². The quantitative estimate of drug-likeness (QED) is 0.0958. The van der Waals surface area contributed by atoms with Gasteiger partial charge in [0.2, 0.25) is 0 Å². The average Bonchev–Trinajstić information content (AvgIpc) is 3.27. The SMILES string of the molecule is CCCCCCCCCCCCCCC[n+]1c(CC(C)c2ccccc2)cn(CCC)c1Cc1ccccc1. The highest BCUT2D eigenvalue weighted by Crippen LogP contribution is 2.21. The first-order chi connectivity index (χ1) is 19.2. The first-order valence-electron chi connectivity index (χ1n) is 16.4. The van der Waals surface area contributed by atoms with E-state index < -0.39 is 0 Å². The molecule has 0 saturated heterocycles. The lowest BCUT2D eigenvalue weighted by atomic mass is 9.96. The number of benzene rings is 2. The molecule has 0 bridgehead atoms. The molecule has 0 saturated carbocycles. The number of unbranched alkanes of at least 4 members (excludes halogenated alkanes) is 12. The summed E-state index contributed by atoms with van der Waals surface area (Å²) in [6.45, 7) is 9.23. The standard InChI is InChI=1S/C37H57N2/c1-4-6-7-8-9-10-11-12-13-14-15-16-23-29-39-36(30-33(3)35-26-21-18-22-27-35)32-38(28-5-2)37(39)31-34-24-19-17-20-25-34/h17-22,24-27,32-33H,4-16,23,28-31H2,1-3H3/q+1. The van der Waals surface area contributed by atoms with E-state index in [1.165, 1.54) is 113 Å². The van der Waals surface area contributed by atoms with Crippen molar-refractivity contribution in [2.45, 2.75) is 143 Å². The zero-order chi connectivity index (χ0) is 27.5. The third-order valence-electron chi connectivity index (χ3n) is 8.33. The molecule has 0 fully saturated rings. The summed E-state index contributed by atoms with van der Waals surface area (Å²) in [5.41, 5.74) is 4.36. The maximum Gasteiger partial charge on any atom is 0.261 e. The van der Waals surface area contributed by atoms with Crippen LogP contribution in [0.25, 0.3) is 0 Å². The molecule has 1 aromatic heterocycles. The Morgan fingerprint density at radius 1 is 0.641 bits per heavy atom. The Balaban J connectivity index is 1.56. The van der Waals surface area contributed by atoms with Crippen molar-refractivity contribution in [1.82, 2.24) is 4.57 Å². The zero-order valence-corrected chi connectivity index (χ0v) is 25.6. The van der Waals surface area contributed by atoms with Gasteiger partial charge in [-0.25, -0.2) is 9.13 Å². The van der Waals surface area contributed by atoms with Gasteiger partial charge in [0.15, 0.2) is 0 Å². The van der Waals surface area contributed by atoms with Crippen LogP contribution in [0.4, 0.5) is 0 Å². The van der Waals surface area contributed by atoms with E-state index in [0.717, 1.165) is 25.9 Å². The second kappa shape index (κ2) is 18.9.